The van der Waals surface area contributed by atoms with E-state index < -0.39 is 10.8 Å². The molecule has 0 spiro atoms. The van der Waals surface area contributed by atoms with Gasteiger partial charge in [0.05, 0.1) is 21.8 Å². The molecule has 0 aliphatic carbocycles. The number of rotatable bonds is 8. The van der Waals surface area contributed by atoms with Crippen molar-refractivity contribution in [3.63, 3.8) is 0 Å². The molecule has 0 aromatic heterocycles. The Balaban J connectivity index is 1.69. The highest BCUT2D eigenvalue weighted by atomic mass is 127. The molecule has 3 rings (SSSR count). The fourth-order valence-corrected chi connectivity index (χ4v) is 3.73. The third-order valence-corrected chi connectivity index (χ3v) is 5.58. The third-order valence-electron chi connectivity index (χ3n) is 4.25. The minimum Gasteiger partial charge on any atom is -0.493 e. The van der Waals surface area contributed by atoms with E-state index in [4.69, 9.17) is 9.47 Å². The van der Waals surface area contributed by atoms with Crippen molar-refractivity contribution < 1.29 is 19.2 Å². The van der Waals surface area contributed by atoms with E-state index in [2.05, 4.69) is 49.0 Å². The Morgan fingerprint density at radius 3 is 2.66 bits per heavy atom. The van der Waals surface area contributed by atoms with Gasteiger partial charge in [-0.2, -0.15) is 5.10 Å². The molecule has 1 amide bonds. The number of ether oxygens (including phenoxy) is 2. The summed E-state index contributed by atoms with van der Waals surface area (Å²) in [5, 5.41) is 14.8. The average Bonchev–Trinajstić information content (AvgIpc) is 2.79. The average molecular weight is 610 g/mol. The van der Waals surface area contributed by atoms with Crippen LogP contribution in [0.15, 0.2) is 70.2 Å². The Labute approximate surface area is 206 Å². The van der Waals surface area contributed by atoms with Gasteiger partial charge in [0.15, 0.2) is 11.5 Å². The van der Waals surface area contributed by atoms with Crippen molar-refractivity contribution in [1.82, 2.24) is 5.43 Å². The SMILES string of the molecule is COc1cc(/C=N/NC(=O)c2cccc([N+](=O)[O-])c2)cc(I)c1OCc1ccc(Br)cc1. The van der Waals surface area contributed by atoms with E-state index in [1.807, 2.05) is 30.3 Å². The molecule has 0 unspecified atom stereocenters. The van der Waals surface area contributed by atoms with Crippen molar-refractivity contribution in [2.24, 2.45) is 5.10 Å². The second-order valence-electron chi connectivity index (χ2n) is 6.46. The number of nitrogens with zero attached hydrogens (tertiary/aromatic N) is 2. The summed E-state index contributed by atoms with van der Waals surface area (Å²) in [7, 11) is 1.54. The number of nitro benzene ring substituents is 1. The standard InChI is InChI=1S/C22H17BrIN3O5/c1-31-20-10-15(9-19(24)21(20)32-13-14-5-7-17(23)8-6-14)12-25-26-22(28)16-3-2-4-18(11-16)27(29)30/h2-12H,13H2,1H3,(H,26,28)/b25-12+. The van der Waals surface area contributed by atoms with Crippen molar-refractivity contribution >= 4 is 56.3 Å². The smallest absolute Gasteiger partial charge is 0.271 e. The van der Waals surface area contributed by atoms with Gasteiger partial charge in [0.25, 0.3) is 11.6 Å². The lowest BCUT2D eigenvalue weighted by atomic mass is 10.2. The van der Waals surface area contributed by atoms with Crippen LogP contribution in [0.3, 0.4) is 0 Å². The second kappa shape index (κ2) is 11.0. The van der Waals surface area contributed by atoms with E-state index in [-0.39, 0.29) is 11.3 Å². The molecule has 0 aliphatic rings. The third kappa shape index (κ3) is 6.26. The Kier molecular flexibility index (Phi) is 8.17. The minimum atomic E-state index is -0.561. The maximum atomic E-state index is 12.2. The molecule has 3 aromatic carbocycles. The molecule has 0 fully saturated rings. The molecule has 0 radical (unpaired) electrons. The van der Waals surface area contributed by atoms with E-state index in [0.29, 0.717) is 23.7 Å². The van der Waals surface area contributed by atoms with Crippen molar-refractivity contribution in [3.05, 3.63) is 95.5 Å². The molecule has 164 valence electrons. The van der Waals surface area contributed by atoms with E-state index in [9.17, 15) is 14.9 Å². The maximum absolute atomic E-state index is 12.2. The first-order valence-corrected chi connectivity index (χ1v) is 11.1. The molecule has 0 heterocycles. The monoisotopic (exact) mass is 609 g/mol. The summed E-state index contributed by atoms with van der Waals surface area (Å²) in [6, 6.07) is 16.8. The highest BCUT2D eigenvalue weighted by Crippen LogP contribution is 2.34. The number of amides is 1. The molecule has 0 atom stereocenters. The van der Waals surface area contributed by atoms with Gasteiger partial charge in [0.1, 0.15) is 6.61 Å². The summed E-state index contributed by atoms with van der Waals surface area (Å²) in [4.78, 5) is 22.5. The number of carbonyl (C=O) groups excluding carboxylic acids is 1. The molecular formula is C22H17BrIN3O5. The Morgan fingerprint density at radius 1 is 1.22 bits per heavy atom. The fourth-order valence-electron chi connectivity index (χ4n) is 2.68. The normalized spacial score (nSPS) is 10.7. The summed E-state index contributed by atoms with van der Waals surface area (Å²) in [5.74, 6) is 0.579. The summed E-state index contributed by atoms with van der Waals surface area (Å²) >= 11 is 5.55. The van der Waals surface area contributed by atoms with E-state index in [1.165, 1.54) is 30.5 Å². The molecule has 1 N–H and O–H groups in total. The van der Waals surface area contributed by atoms with Crippen LogP contribution in [-0.2, 0) is 6.61 Å². The van der Waals surface area contributed by atoms with Gasteiger partial charge in [-0.25, -0.2) is 5.43 Å². The molecule has 32 heavy (non-hydrogen) atoms. The first kappa shape index (κ1) is 23.7. The largest absolute Gasteiger partial charge is 0.493 e. The zero-order valence-electron chi connectivity index (χ0n) is 16.7. The Hall–Kier alpha value is -2.99. The van der Waals surface area contributed by atoms with Gasteiger partial charge in [-0.15, -0.1) is 0 Å². The van der Waals surface area contributed by atoms with Crippen LogP contribution >= 0.6 is 38.5 Å². The van der Waals surface area contributed by atoms with Crippen LogP contribution < -0.4 is 14.9 Å². The van der Waals surface area contributed by atoms with Crippen LogP contribution in [-0.4, -0.2) is 24.2 Å². The predicted molar refractivity (Wildman–Crippen MR) is 132 cm³/mol. The molecule has 0 aliphatic heterocycles. The maximum Gasteiger partial charge on any atom is 0.271 e. The van der Waals surface area contributed by atoms with E-state index in [0.717, 1.165) is 13.6 Å². The first-order chi connectivity index (χ1) is 15.4. The molecule has 0 bridgehead atoms. The van der Waals surface area contributed by atoms with Gasteiger partial charge < -0.3 is 9.47 Å². The van der Waals surface area contributed by atoms with Gasteiger partial charge >= 0.3 is 0 Å². The molecule has 10 heteroatoms. The highest BCUT2D eigenvalue weighted by Gasteiger charge is 2.13. The zero-order valence-corrected chi connectivity index (χ0v) is 20.5. The number of nitrogens with one attached hydrogen (secondary N) is 1. The number of hydrazone groups is 1. The lowest BCUT2D eigenvalue weighted by Crippen LogP contribution is -2.17. The number of non-ortho nitro benzene ring substituents is 1. The number of methoxy groups -OCH3 is 1. The minimum absolute atomic E-state index is 0.139. The summed E-state index contributed by atoms with van der Waals surface area (Å²) in [6.07, 6.45) is 1.46. The number of hydrogen-bond acceptors (Lipinski definition) is 6. The van der Waals surface area contributed by atoms with Crippen LogP contribution in [0.2, 0.25) is 0 Å². The van der Waals surface area contributed by atoms with Gasteiger partial charge in [0.2, 0.25) is 0 Å². The van der Waals surface area contributed by atoms with Crippen molar-refractivity contribution in [2.75, 3.05) is 7.11 Å². The van der Waals surface area contributed by atoms with Gasteiger partial charge in [-0.3, -0.25) is 14.9 Å². The Morgan fingerprint density at radius 2 is 1.97 bits per heavy atom. The van der Waals surface area contributed by atoms with Crippen molar-refractivity contribution in [1.29, 1.82) is 0 Å². The summed E-state index contributed by atoms with van der Waals surface area (Å²) in [6.45, 7) is 0.381. The van der Waals surface area contributed by atoms with Crippen LogP contribution in [0.25, 0.3) is 0 Å². The number of carbonyl (C=O) groups is 1. The number of halogens is 2. The Bertz CT molecular complexity index is 1170. The zero-order chi connectivity index (χ0) is 23.1. The van der Waals surface area contributed by atoms with Crippen molar-refractivity contribution in [3.8, 4) is 11.5 Å². The second-order valence-corrected chi connectivity index (χ2v) is 8.53. The molecule has 3 aromatic rings. The van der Waals surface area contributed by atoms with E-state index >= 15 is 0 Å². The van der Waals surface area contributed by atoms with Crippen LogP contribution in [0, 0.1) is 13.7 Å². The van der Waals surface area contributed by atoms with Crippen LogP contribution in [0.1, 0.15) is 21.5 Å². The van der Waals surface area contributed by atoms with Gasteiger partial charge in [-0.1, -0.05) is 34.1 Å². The molecule has 0 saturated carbocycles. The fraction of sp³-hybridized carbons (Fsp3) is 0.0909. The van der Waals surface area contributed by atoms with E-state index in [1.54, 1.807) is 13.2 Å². The first-order valence-electron chi connectivity index (χ1n) is 9.20. The lowest BCUT2D eigenvalue weighted by molar-refractivity contribution is -0.384. The van der Waals surface area contributed by atoms with Gasteiger partial charge in [0, 0.05) is 22.2 Å². The quantitative estimate of drug-likeness (QED) is 0.161. The van der Waals surface area contributed by atoms with Crippen LogP contribution in [0.5, 0.6) is 11.5 Å². The van der Waals surface area contributed by atoms with Crippen LogP contribution in [0.4, 0.5) is 5.69 Å². The predicted octanol–water partition coefficient (Wildman–Crippen LogP) is 5.31. The number of nitro groups is 1. The lowest BCUT2D eigenvalue weighted by Gasteiger charge is -2.13. The molecular weight excluding hydrogens is 593 g/mol. The highest BCUT2D eigenvalue weighted by molar-refractivity contribution is 14.1. The molecule has 0 saturated heterocycles. The molecule has 8 nitrogen and oxygen atoms in total. The number of benzene rings is 3. The summed E-state index contributed by atoms with van der Waals surface area (Å²) < 4.78 is 13.2. The summed E-state index contributed by atoms with van der Waals surface area (Å²) in [5.41, 5.74) is 4.03. The topological polar surface area (TPSA) is 103 Å². The number of hydrogen-bond donors (Lipinski definition) is 1. The van der Waals surface area contributed by atoms with Crippen molar-refractivity contribution in [2.45, 2.75) is 6.61 Å². The van der Waals surface area contributed by atoms with Gasteiger partial charge in [-0.05, 0) is 64.0 Å².